The third-order valence-corrected chi connectivity index (χ3v) is 2.46. The smallest absolute Gasteiger partial charge is 0.286 e. The zero-order chi connectivity index (χ0) is 8.55. The Balaban J connectivity index is 2.02. The van der Waals surface area contributed by atoms with Gasteiger partial charge in [0, 0.05) is 5.92 Å². The van der Waals surface area contributed by atoms with E-state index >= 15 is 0 Å². The van der Waals surface area contributed by atoms with E-state index in [1.165, 1.54) is 0 Å². The van der Waals surface area contributed by atoms with Gasteiger partial charge in [-0.05, 0) is 0 Å². The van der Waals surface area contributed by atoms with Gasteiger partial charge in [-0.3, -0.25) is 0 Å². The number of nitriles is 1. The molecule has 0 amide bonds. The van der Waals surface area contributed by atoms with Crippen molar-refractivity contribution in [1.29, 1.82) is 5.26 Å². The van der Waals surface area contributed by atoms with Crippen LogP contribution in [0.5, 0.6) is 0 Å². The molecule has 0 bridgehead atoms. The second kappa shape index (κ2) is 2.92. The summed E-state index contributed by atoms with van der Waals surface area (Å²) < 4.78 is 15.7. The average Bonchev–Trinajstić information content (AvgIpc) is 2.58. The number of nitrogens with zero attached hydrogens (tertiary/aromatic N) is 1. The van der Waals surface area contributed by atoms with Crippen LogP contribution in [0.25, 0.3) is 0 Å². The summed E-state index contributed by atoms with van der Waals surface area (Å²) in [4.78, 5) is 0. The summed E-state index contributed by atoms with van der Waals surface area (Å²) in [5.74, 6) is 0.419. The predicted octanol–water partition coefficient (Wildman–Crippen LogP) is 0.286. The summed E-state index contributed by atoms with van der Waals surface area (Å²) in [6, 6.07) is 0. The first-order chi connectivity index (χ1) is 5.83. The lowest BCUT2D eigenvalue weighted by Gasteiger charge is -2.12. The molecule has 0 saturated carbocycles. The fraction of sp³-hybridized carbons (Fsp3) is 0.875. The van der Waals surface area contributed by atoms with Gasteiger partial charge in [0.2, 0.25) is 0 Å². The first-order valence-electron chi connectivity index (χ1n) is 4.11. The standard InChI is InChI=1S/C8H11NO3/c1-5-2-10-8-6(12-4-9)3-11-7(5)8/h5-8H,2-3H2,1H3/t5-,6-,7+,8+/m0/s1. The summed E-state index contributed by atoms with van der Waals surface area (Å²) in [7, 11) is 0. The van der Waals surface area contributed by atoms with Gasteiger partial charge in [-0.25, -0.2) is 0 Å². The minimum absolute atomic E-state index is 0.0281. The second-order valence-electron chi connectivity index (χ2n) is 3.32. The van der Waals surface area contributed by atoms with E-state index in [9.17, 15) is 0 Å². The maximum Gasteiger partial charge on any atom is 0.286 e. The molecule has 4 atom stereocenters. The molecule has 0 aromatic rings. The molecule has 0 N–H and O–H groups in total. The van der Waals surface area contributed by atoms with E-state index in [-0.39, 0.29) is 18.3 Å². The van der Waals surface area contributed by atoms with Crippen LogP contribution in [0.2, 0.25) is 0 Å². The lowest BCUT2D eigenvalue weighted by Crippen LogP contribution is -2.29. The zero-order valence-corrected chi connectivity index (χ0v) is 6.90. The summed E-state index contributed by atoms with van der Waals surface area (Å²) in [5, 5.41) is 8.33. The van der Waals surface area contributed by atoms with Crippen LogP contribution in [0.4, 0.5) is 0 Å². The maximum atomic E-state index is 8.33. The Morgan fingerprint density at radius 2 is 2.08 bits per heavy atom. The fourth-order valence-corrected chi connectivity index (χ4v) is 1.82. The van der Waals surface area contributed by atoms with Crippen LogP contribution in [0.15, 0.2) is 0 Å². The van der Waals surface area contributed by atoms with Gasteiger partial charge >= 0.3 is 0 Å². The third kappa shape index (κ3) is 1.06. The van der Waals surface area contributed by atoms with E-state index in [2.05, 4.69) is 6.92 Å². The lowest BCUT2D eigenvalue weighted by atomic mass is 10.0. The number of rotatable bonds is 1. The molecule has 2 saturated heterocycles. The van der Waals surface area contributed by atoms with Crippen molar-refractivity contribution in [2.75, 3.05) is 13.2 Å². The summed E-state index contributed by atoms with van der Waals surface area (Å²) in [6.45, 7) is 3.27. The van der Waals surface area contributed by atoms with Gasteiger partial charge in [0.15, 0.2) is 6.10 Å². The van der Waals surface area contributed by atoms with Crippen molar-refractivity contribution in [3.05, 3.63) is 0 Å². The Hall–Kier alpha value is -0.790. The van der Waals surface area contributed by atoms with Gasteiger partial charge in [-0.1, -0.05) is 6.92 Å². The molecule has 4 heteroatoms. The van der Waals surface area contributed by atoms with Crippen LogP contribution in [0.1, 0.15) is 6.92 Å². The highest BCUT2D eigenvalue weighted by molar-refractivity contribution is 4.94. The van der Waals surface area contributed by atoms with Crippen LogP contribution >= 0.6 is 0 Å². The number of ether oxygens (including phenoxy) is 3. The normalized spacial score (nSPS) is 45.3. The molecular weight excluding hydrogens is 158 g/mol. The fourth-order valence-electron chi connectivity index (χ4n) is 1.82. The molecule has 12 heavy (non-hydrogen) atoms. The molecule has 0 unspecified atom stereocenters. The highest BCUT2D eigenvalue weighted by Crippen LogP contribution is 2.31. The van der Waals surface area contributed by atoms with Gasteiger partial charge in [0.05, 0.1) is 19.3 Å². The molecule has 4 nitrogen and oxygen atoms in total. The summed E-state index contributed by atoms with van der Waals surface area (Å²) >= 11 is 0. The van der Waals surface area contributed by atoms with Crippen molar-refractivity contribution in [3.63, 3.8) is 0 Å². The molecule has 0 aromatic carbocycles. The van der Waals surface area contributed by atoms with E-state index < -0.39 is 0 Å². The maximum absolute atomic E-state index is 8.33. The molecule has 2 rings (SSSR count). The highest BCUT2D eigenvalue weighted by atomic mass is 16.6. The Kier molecular flexibility index (Phi) is 1.91. The minimum Gasteiger partial charge on any atom is -0.419 e. The number of hydrogen-bond acceptors (Lipinski definition) is 4. The van der Waals surface area contributed by atoms with E-state index in [1.54, 1.807) is 6.26 Å². The van der Waals surface area contributed by atoms with Crippen molar-refractivity contribution in [2.45, 2.75) is 25.2 Å². The van der Waals surface area contributed by atoms with E-state index in [0.717, 1.165) is 0 Å². The number of fused-ring (bicyclic) bond motifs is 1. The molecule has 66 valence electrons. The average molecular weight is 169 g/mol. The van der Waals surface area contributed by atoms with Crippen molar-refractivity contribution >= 4 is 0 Å². The lowest BCUT2D eigenvalue weighted by molar-refractivity contribution is 0.0150. The monoisotopic (exact) mass is 169 g/mol. The van der Waals surface area contributed by atoms with Crippen LogP contribution in [0, 0.1) is 17.4 Å². The van der Waals surface area contributed by atoms with Crippen LogP contribution in [-0.4, -0.2) is 31.5 Å². The van der Waals surface area contributed by atoms with E-state index in [0.29, 0.717) is 19.1 Å². The molecule has 0 spiro atoms. The molecule has 2 fully saturated rings. The van der Waals surface area contributed by atoms with Gasteiger partial charge < -0.3 is 14.2 Å². The molecule has 0 aliphatic carbocycles. The number of hydrogen-bond donors (Lipinski definition) is 0. The minimum atomic E-state index is -0.190. The van der Waals surface area contributed by atoms with Crippen molar-refractivity contribution < 1.29 is 14.2 Å². The Morgan fingerprint density at radius 3 is 2.83 bits per heavy atom. The summed E-state index contributed by atoms with van der Waals surface area (Å²) in [5.41, 5.74) is 0. The van der Waals surface area contributed by atoms with E-state index in [1.807, 2.05) is 0 Å². The Morgan fingerprint density at radius 1 is 1.33 bits per heavy atom. The molecule has 2 aliphatic rings. The Bertz CT molecular complexity index is 213. The summed E-state index contributed by atoms with van der Waals surface area (Å²) in [6.07, 6.45) is 1.59. The second-order valence-corrected chi connectivity index (χ2v) is 3.32. The van der Waals surface area contributed by atoms with Crippen LogP contribution in [0.3, 0.4) is 0 Å². The largest absolute Gasteiger partial charge is 0.419 e. The molecule has 2 heterocycles. The first-order valence-corrected chi connectivity index (χ1v) is 4.11. The molecular formula is C8H11NO3. The van der Waals surface area contributed by atoms with Gasteiger partial charge in [-0.2, -0.15) is 5.26 Å². The third-order valence-electron chi connectivity index (χ3n) is 2.46. The Labute approximate surface area is 71.0 Å². The molecule has 2 aliphatic heterocycles. The zero-order valence-electron chi connectivity index (χ0n) is 6.90. The van der Waals surface area contributed by atoms with Crippen LogP contribution < -0.4 is 0 Å². The quantitative estimate of drug-likeness (QED) is 0.529. The predicted molar refractivity (Wildman–Crippen MR) is 39.1 cm³/mol. The van der Waals surface area contributed by atoms with Gasteiger partial charge in [0.1, 0.15) is 6.10 Å². The van der Waals surface area contributed by atoms with Crippen molar-refractivity contribution in [2.24, 2.45) is 5.92 Å². The molecule has 0 radical (unpaired) electrons. The molecule has 0 aromatic heterocycles. The van der Waals surface area contributed by atoms with Crippen LogP contribution in [-0.2, 0) is 14.2 Å². The highest BCUT2D eigenvalue weighted by Gasteiger charge is 2.47. The van der Waals surface area contributed by atoms with Gasteiger partial charge in [0.25, 0.3) is 6.26 Å². The SMILES string of the molecule is C[C@H]1CO[C@H]2[C@@H]1OC[C@@H]2OC#N. The van der Waals surface area contributed by atoms with Crippen molar-refractivity contribution in [1.82, 2.24) is 0 Å². The van der Waals surface area contributed by atoms with Gasteiger partial charge in [-0.15, -0.1) is 0 Å². The van der Waals surface area contributed by atoms with Crippen molar-refractivity contribution in [3.8, 4) is 6.26 Å². The topological polar surface area (TPSA) is 51.5 Å². The van der Waals surface area contributed by atoms with E-state index in [4.69, 9.17) is 19.5 Å². The first kappa shape index (κ1) is 7.84.